The number of aromatic amines is 1. The number of anilines is 1. The van der Waals surface area contributed by atoms with Gasteiger partial charge >= 0.3 is 6.09 Å². The fraction of sp³-hybridized carbons (Fsp3) is 0.441. The predicted octanol–water partition coefficient (Wildman–Crippen LogP) is 7.95. The number of methoxy groups -OCH3 is 1. The number of rotatable bonds is 8. The van der Waals surface area contributed by atoms with Gasteiger partial charge in [-0.1, -0.05) is 67.7 Å². The second-order valence-electron chi connectivity index (χ2n) is 12.0. The van der Waals surface area contributed by atoms with Crippen molar-refractivity contribution < 1.29 is 27.8 Å². The van der Waals surface area contributed by atoms with Gasteiger partial charge in [-0.25, -0.2) is 13.6 Å². The first-order valence-electron chi connectivity index (χ1n) is 15.8. The van der Waals surface area contributed by atoms with Gasteiger partial charge in [0.1, 0.15) is 11.3 Å². The van der Waals surface area contributed by atoms with Crippen LogP contribution in [-0.4, -0.2) is 55.2 Å². The normalized spacial score (nSPS) is 16.1. The number of benzene rings is 2. The molecule has 2 aromatic carbocycles. The Kier molecular flexibility index (Phi) is 11.3. The number of nitrogens with zero attached hydrogens (tertiary/aromatic N) is 2. The van der Waals surface area contributed by atoms with Gasteiger partial charge in [0.05, 0.1) is 35.1 Å². The van der Waals surface area contributed by atoms with Crippen LogP contribution in [0, 0.1) is 0 Å². The molecule has 0 radical (unpaired) electrons. The minimum atomic E-state index is -3.38. The molecule has 2 amide bonds. The Labute approximate surface area is 292 Å². The molecule has 2 fully saturated rings. The lowest BCUT2D eigenvalue weighted by Gasteiger charge is -2.29. The number of halogens is 4. The van der Waals surface area contributed by atoms with Crippen LogP contribution < -0.4 is 20.5 Å². The van der Waals surface area contributed by atoms with Crippen molar-refractivity contribution in [3.8, 4) is 5.75 Å². The monoisotopic (exact) mass is 722 g/mol. The minimum Gasteiger partial charge on any atom is -0.495 e. The number of hydrogen-bond donors (Lipinski definition) is 2. The maximum atomic E-state index is 14.5. The van der Waals surface area contributed by atoms with Crippen LogP contribution in [0.5, 0.6) is 5.75 Å². The molecule has 1 aromatic heterocycles. The number of H-pyrrole nitrogens is 1. The Hall–Kier alpha value is -3.32. The summed E-state index contributed by atoms with van der Waals surface area (Å²) in [5.74, 6) is -3.44. The number of unbranched alkanes of at least 4 members (excludes halogenated alkanes) is 1. The highest BCUT2D eigenvalue weighted by molar-refractivity contribution is 7.99. The van der Waals surface area contributed by atoms with Crippen LogP contribution in [0.15, 0.2) is 44.9 Å². The molecule has 0 spiro atoms. The summed E-state index contributed by atoms with van der Waals surface area (Å²) < 4.78 is 39.7. The largest absolute Gasteiger partial charge is 0.495 e. The lowest BCUT2D eigenvalue weighted by atomic mass is 9.94. The van der Waals surface area contributed by atoms with Gasteiger partial charge < -0.3 is 24.7 Å². The molecule has 2 N–H and O–H groups in total. The predicted molar refractivity (Wildman–Crippen MR) is 183 cm³/mol. The van der Waals surface area contributed by atoms with Gasteiger partial charge in [-0.3, -0.25) is 14.5 Å². The van der Waals surface area contributed by atoms with Crippen molar-refractivity contribution in [2.45, 2.75) is 74.8 Å². The first-order valence-corrected chi connectivity index (χ1v) is 17.4. The highest BCUT2D eigenvalue weighted by Gasteiger charge is 2.35. The fourth-order valence-corrected chi connectivity index (χ4v) is 7.30. The molecule has 48 heavy (non-hydrogen) atoms. The van der Waals surface area contributed by atoms with E-state index in [4.69, 9.17) is 32.7 Å². The summed E-state index contributed by atoms with van der Waals surface area (Å²) in [7, 11) is 1.49. The standard InChI is InChI=1S/C30H28Cl2F2N4O5S.C4H10/c1-30(33,34)23-10-22(44-26-19(31)5-4-18(25(26)32)17-11-35-12-17)24(27(39)36-23)28(40)37-13-15-8-20(21(42-2)9-16(15)14-37)38-6-3-7-43-29(38)41;1-3-4-2/h4-5,8-10,17,35H,3,6-7,11-14H2,1-2H3,(H,36,39);3-4H2,1-2H3. The summed E-state index contributed by atoms with van der Waals surface area (Å²) in [6.45, 7) is 7.52. The number of cyclic esters (lactones) is 1. The molecule has 0 bridgehead atoms. The molecule has 14 heteroatoms. The lowest BCUT2D eigenvalue weighted by Crippen LogP contribution is -2.40. The van der Waals surface area contributed by atoms with Gasteiger partial charge in [0.25, 0.3) is 17.4 Å². The Morgan fingerprint density at radius 3 is 2.38 bits per heavy atom. The lowest BCUT2D eigenvalue weighted by molar-refractivity contribution is 0.0121. The summed E-state index contributed by atoms with van der Waals surface area (Å²) in [4.78, 5) is 45.3. The molecule has 0 unspecified atom stereocenters. The third-order valence-corrected chi connectivity index (χ3v) is 10.6. The quantitative estimate of drug-likeness (QED) is 0.243. The van der Waals surface area contributed by atoms with Crippen LogP contribution in [0.4, 0.5) is 19.3 Å². The number of aromatic nitrogens is 1. The molecule has 3 aromatic rings. The van der Waals surface area contributed by atoms with Crippen LogP contribution in [0.1, 0.15) is 78.7 Å². The highest BCUT2D eigenvalue weighted by atomic mass is 35.5. The van der Waals surface area contributed by atoms with Crippen LogP contribution in [0.2, 0.25) is 10.0 Å². The summed E-state index contributed by atoms with van der Waals surface area (Å²) in [6, 6.07) is 8.13. The maximum Gasteiger partial charge on any atom is 0.414 e. The van der Waals surface area contributed by atoms with E-state index in [-0.39, 0.29) is 34.5 Å². The number of nitrogens with one attached hydrogen (secondary N) is 2. The summed E-state index contributed by atoms with van der Waals surface area (Å²) >= 11 is 14.2. The molecule has 6 rings (SSSR count). The number of amides is 2. The van der Waals surface area contributed by atoms with E-state index in [1.54, 1.807) is 18.2 Å². The van der Waals surface area contributed by atoms with E-state index in [9.17, 15) is 23.2 Å². The number of alkyl halides is 2. The van der Waals surface area contributed by atoms with E-state index in [2.05, 4.69) is 24.1 Å². The average molecular weight is 724 g/mol. The molecule has 3 aliphatic heterocycles. The fourth-order valence-electron chi connectivity index (χ4n) is 5.49. The SMILES string of the molecule is CCCC.COc1cc2c(cc1N1CCCOC1=O)CN(C(=O)c1c(Sc3c(Cl)ccc(C4CNC4)c3Cl)cc(C(C)(F)F)[nH]c1=O)C2. The third kappa shape index (κ3) is 7.46. The molecule has 9 nitrogen and oxygen atoms in total. The first-order chi connectivity index (χ1) is 22.9. The molecular weight excluding hydrogens is 685 g/mol. The highest BCUT2D eigenvalue weighted by Crippen LogP contribution is 2.45. The van der Waals surface area contributed by atoms with Crippen molar-refractivity contribution in [2.75, 3.05) is 38.3 Å². The van der Waals surface area contributed by atoms with Crippen molar-refractivity contribution in [2.24, 2.45) is 0 Å². The zero-order valence-electron chi connectivity index (χ0n) is 27.2. The van der Waals surface area contributed by atoms with Gasteiger partial charge in [0.15, 0.2) is 0 Å². The van der Waals surface area contributed by atoms with Crippen molar-refractivity contribution in [3.05, 3.63) is 78.7 Å². The zero-order chi connectivity index (χ0) is 34.7. The van der Waals surface area contributed by atoms with Crippen LogP contribution in [0.3, 0.4) is 0 Å². The van der Waals surface area contributed by atoms with Gasteiger partial charge in [-0.2, -0.15) is 0 Å². The number of ether oxygens (including phenoxy) is 2. The second-order valence-corrected chi connectivity index (χ2v) is 13.8. The van der Waals surface area contributed by atoms with Gasteiger partial charge in [0.2, 0.25) is 0 Å². The van der Waals surface area contributed by atoms with Crippen LogP contribution >= 0.6 is 35.0 Å². The molecule has 2 saturated heterocycles. The molecule has 258 valence electrons. The van der Waals surface area contributed by atoms with E-state index < -0.39 is 29.2 Å². The maximum absolute atomic E-state index is 14.5. The van der Waals surface area contributed by atoms with E-state index >= 15 is 0 Å². The van der Waals surface area contributed by atoms with Gasteiger partial charge in [-0.15, -0.1) is 0 Å². The van der Waals surface area contributed by atoms with Crippen molar-refractivity contribution in [1.29, 1.82) is 0 Å². The topological polar surface area (TPSA) is 104 Å². The molecular formula is C34H38Cl2F2N4O5S. The van der Waals surface area contributed by atoms with E-state index in [0.29, 0.717) is 47.9 Å². The Morgan fingerprint density at radius 1 is 1.10 bits per heavy atom. The Morgan fingerprint density at radius 2 is 1.79 bits per heavy atom. The average Bonchev–Trinajstić information content (AvgIpc) is 3.45. The number of pyridine rings is 1. The number of hydrogen-bond acceptors (Lipinski definition) is 7. The van der Waals surface area contributed by atoms with Gasteiger partial charge in [-0.05, 0) is 47.4 Å². The minimum absolute atomic E-state index is 0.00764. The molecule has 3 aliphatic rings. The number of carbonyl (C=O) groups is 2. The molecule has 0 saturated carbocycles. The van der Waals surface area contributed by atoms with Gasteiger partial charge in [0, 0.05) is 55.4 Å². The third-order valence-electron chi connectivity index (χ3n) is 8.47. The summed E-state index contributed by atoms with van der Waals surface area (Å²) in [5.41, 5.74) is 0.981. The molecule has 0 atom stereocenters. The van der Waals surface area contributed by atoms with Crippen molar-refractivity contribution in [1.82, 2.24) is 15.2 Å². The van der Waals surface area contributed by atoms with Crippen molar-refractivity contribution >= 4 is 52.7 Å². The second kappa shape index (κ2) is 15.1. The summed E-state index contributed by atoms with van der Waals surface area (Å²) in [6.07, 6.45) is 2.80. The Balaban J connectivity index is 0.00000107. The molecule has 0 aliphatic carbocycles. The molecule has 4 heterocycles. The van der Waals surface area contributed by atoms with Crippen molar-refractivity contribution in [3.63, 3.8) is 0 Å². The zero-order valence-corrected chi connectivity index (χ0v) is 29.5. The Bertz CT molecular complexity index is 1760. The van der Waals surface area contributed by atoms with Crippen LogP contribution in [0.25, 0.3) is 0 Å². The van der Waals surface area contributed by atoms with E-state index in [1.165, 1.54) is 29.8 Å². The smallest absolute Gasteiger partial charge is 0.414 e. The first kappa shape index (κ1) is 36.0. The van der Waals surface area contributed by atoms with Crippen LogP contribution in [-0.2, 0) is 23.7 Å². The van der Waals surface area contributed by atoms with E-state index in [0.717, 1.165) is 47.6 Å². The van der Waals surface area contributed by atoms with E-state index in [1.807, 2.05) is 6.07 Å². The number of fused-ring (bicyclic) bond motifs is 1. The number of carbonyl (C=O) groups excluding carboxylic acids is 2. The summed E-state index contributed by atoms with van der Waals surface area (Å²) in [5, 5.41) is 3.80.